The van der Waals surface area contributed by atoms with Gasteiger partial charge < -0.3 is 20.9 Å². The lowest BCUT2D eigenvalue weighted by atomic mass is 9.75. The maximum Gasteiger partial charge on any atom is 0.408 e. The molecule has 0 aliphatic heterocycles. The highest BCUT2D eigenvalue weighted by Crippen LogP contribution is 2.30. The Morgan fingerprint density at radius 3 is 1.95 bits per heavy atom. The highest BCUT2D eigenvalue weighted by atomic mass is 16.6. The van der Waals surface area contributed by atoms with Crippen molar-refractivity contribution in [3.05, 3.63) is 0 Å². The van der Waals surface area contributed by atoms with Crippen molar-refractivity contribution in [2.45, 2.75) is 72.1 Å². The standard InChI is InChI=1S/C14H28N2O4/c1-12(2,3)20-11(19)16-14(6,7)8-13(4,5)9(15)10(17)18/h9H,8,15H2,1-7H3,(H,16,19)(H,17,18). The Morgan fingerprint density at radius 1 is 1.15 bits per heavy atom. The van der Waals surface area contributed by atoms with Crippen molar-refractivity contribution < 1.29 is 19.4 Å². The lowest BCUT2D eigenvalue weighted by Crippen LogP contribution is -2.53. The molecule has 118 valence electrons. The summed E-state index contributed by atoms with van der Waals surface area (Å²) in [6.07, 6.45) is -0.116. The molecule has 1 unspecified atom stereocenters. The third-order valence-corrected chi connectivity index (χ3v) is 2.84. The number of nitrogens with two attached hydrogens (primary N) is 1. The van der Waals surface area contributed by atoms with E-state index in [-0.39, 0.29) is 0 Å². The maximum absolute atomic E-state index is 11.8. The predicted molar refractivity (Wildman–Crippen MR) is 77.5 cm³/mol. The smallest absolute Gasteiger partial charge is 0.408 e. The van der Waals surface area contributed by atoms with E-state index in [4.69, 9.17) is 15.6 Å². The first-order valence-corrected chi connectivity index (χ1v) is 6.66. The van der Waals surface area contributed by atoms with Gasteiger partial charge in [0.15, 0.2) is 0 Å². The zero-order valence-corrected chi connectivity index (χ0v) is 13.5. The van der Waals surface area contributed by atoms with Gasteiger partial charge in [0.2, 0.25) is 0 Å². The van der Waals surface area contributed by atoms with Crippen LogP contribution in [0.3, 0.4) is 0 Å². The molecule has 0 rings (SSSR count). The fourth-order valence-electron chi connectivity index (χ4n) is 2.21. The molecule has 0 saturated heterocycles. The molecule has 0 aromatic carbocycles. The number of ether oxygens (including phenoxy) is 1. The van der Waals surface area contributed by atoms with Gasteiger partial charge in [0.1, 0.15) is 11.6 Å². The van der Waals surface area contributed by atoms with Gasteiger partial charge in [-0.25, -0.2) is 4.79 Å². The minimum atomic E-state index is -1.05. The minimum absolute atomic E-state index is 0.409. The van der Waals surface area contributed by atoms with E-state index in [0.29, 0.717) is 6.42 Å². The number of rotatable bonds is 5. The lowest BCUT2D eigenvalue weighted by molar-refractivity contribution is -0.141. The van der Waals surface area contributed by atoms with Crippen LogP contribution in [-0.4, -0.2) is 34.4 Å². The first-order chi connectivity index (χ1) is 8.66. The molecule has 0 bridgehead atoms. The summed E-state index contributed by atoms with van der Waals surface area (Å²) in [5.74, 6) is -1.05. The van der Waals surface area contributed by atoms with E-state index in [0.717, 1.165) is 0 Å². The molecule has 20 heavy (non-hydrogen) atoms. The molecule has 0 spiro atoms. The van der Waals surface area contributed by atoms with Crippen molar-refractivity contribution in [3.8, 4) is 0 Å². The van der Waals surface area contributed by atoms with Crippen LogP contribution in [0.1, 0.15) is 54.9 Å². The Labute approximate surface area is 121 Å². The Morgan fingerprint density at radius 2 is 1.60 bits per heavy atom. The Bertz CT molecular complexity index is 370. The third-order valence-electron chi connectivity index (χ3n) is 2.84. The van der Waals surface area contributed by atoms with Crippen LogP contribution in [0.2, 0.25) is 0 Å². The molecular formula is C14H28N2O4. The number of aliphatic carboxylic acids is 1. The molecule has 0 heterocycles. The van der Waals surface area contributed by atoms with Crippen LogP contribution < -0.4 is 11.1 Å². The van der Waals surface area contributed by atoms with Gasteiger partial charge in [-0.15, -0.1) is 0 Å². The molecule has 6 nitrogen and oxygen atoms in total. The summed E-state index contributed by atoms with van der Waals surface area (Å²) in [5, 5.41) is 11.8. The zero-order chi connectivity index (χ0) is 16.4. The van der Waals surface area contributed by atoms with Crippen molar-refractivity contribution >= 4 is 12.1 Å². The topological polar surface area (TPSA) is 102 Å². The molecule has 0 aliphatic rings. The van der Waals surface area contributed by atoms with Gasteiger partial charge in [0.05, 0.1) is 0 Å². The Kier molecular flexibility index (Phi) is 5.60. The number of carboxylic acids is 1. The monoisotopic (exact) mass is 288 g/mol. The van der Waals surface area contributed by atoms with Gasteiger partial charge in [-0.05, 0) is 46.5 Å². The highest BCUT2D eigenvalue weighted by Gasteiger charge is 2.38. The number of amides is 1. The molecule has 0 aromatic heterocycles. The van der Waals surface area contributed by atoms with Gasteiger partial charge >= 0.3 is 12.1 Å². The summed E-state index contributed by atoms with van der Waals surface area (Å²) >= 11 is 0. The van der Waals surface area contributed by atoms with Gasteiger partial charge in [-0.1, -0.05) is 13.8 Å². The SMILES string of the molecule is CC(C)(CC(C)(C)C(N)C(=O)O)NC(=O)OC(C)(C)C. The average Bonchev–Trinajstić information content (AvgIpc) is 2.09. The van der Waals surface area contributed by atoms with Gasteiger partial charge in [-0.3, -0.25) is 4.79 Å². The zero-order valence-electron chi connectivity index (χ0n) is 13.5. The molecule has 0 radical (unpaired) electrons. The second kappa shape index (κ2) is 5.99. The number of carboxylic acid groups (broad SMARTS) is 1. The average molecular weight is 288 g/mol. The van der Waals surface area contributed by atoms with Crippen molar-refractivity contribution in [3.63, 3.8) is 0 Å². The van der Waals surface area contributed by atoms with Crippen LogP contribution in [0.5, 0.6) is 0 Å². The molecule has 6 heteroatoms. The van der Waals surface area contributed by atoms with E-state index < -0.39 is 34.7 Å². The number of hydrogen-bond acceptors (Lipinski definition) is 4. The van der Waals surface area contributed by atoms with Crippen molar-refractivity contribution in [2.75, 3.05) is 0 Å². The quantitative estimate of drug-likeness (QED) is 0.719. The third kappa shape index (κ3) is 6.75. The molecule has 0 fully saturated rings. The van der Waals surface area contributed by atoms with Crippen molar-refractivity contribution in [1.82, 2.24) is 5.32 Å². The molecule has 0 aromatic rings. The second-order valence-electron chi connectivity index (χ2n) is 7.49. The van der Waals surface area contributed by atoms with Crippen molar-refractivity contribution in [1.29, 1.82) is 0 Å². The highest BCUT2D eigenvalue weighted by molar-refractivity contribution is 5.74. The van der Waals surface area contributed by atoms with E-state index in [1.54, 1.807) is 34.6 Å². The molecule has 0 aliphatic carbocycles. The Hall–Kier alpha value is -1.30. The summed E-state index contributed by atoms with van der Waals surface area (Å²) < 4.78 is 5.20. The number of carbonyl (C=O) groups excluding carboxylic acids is 1. The summed E-state index contributed by atoms with van der Waals surface area (Å²) in [5.41, 5.74) is 3.83. The summed E-state index contributed by atoms with van der Waals surface area (Å²) in [4.78, 5) is 22.8. The van der Waals surface area contributed by atoms with E-state index in [2.05, 4.69) is 5.32 Å². The maximum atomic E-state index is 11.8. The van der Waals surface area contributed by atoms with Gasteiger partial charge in [0.25, 0.3) is 0 Å². The van der Waals surface area contributed by atoms with E-state index in [9.17, 15) is 9.59 Å². The summed E-state index contributed by atoms with van der Waals surface area (Å²) in [6.45, 7) is 12.5. The van der Waals surface area contributed by atoms with Crippen LogP contribution in [0.4, 0.5) is 4.79 Å². The molecule has 1 amide bonds. The van der Waals surface area contributed by atoms with Crippen LogP contribution in [-0.2, 0) is 9.53 Å². The fraction of sp³-hybridized carbons (Fsp3) is 0.857. The Balaban J connectivity index is 4.74. The largest absolute Gasteiger partial charge is 0.480 e. The number of carbonyl (C=O) groups is 2. The summed E-state index contributed by atoms with van der Waals surface area (Å²) in [6, 6.07) is -0.998. The van der Waals surface area contributed by atoms with Crippen LogP contribution >= 0.6 is 0 Å². The van der Waals surface area contributed by atoms with Crippen molar-refractivity contribution in [2.24, 2.45) is 11.1 Å². The number of alkyl carbamates (subject to hydrolysis) is 1. The van der Waals surface area contributed by atoms with E-state index in [1.807, 2.05) is 13.8 Å². The predicted octanol–water partition coefficient (Wildman–Crippen LogP) is 2.12. The molecule has 1 atom stereocenters. The van der Waals surface area contributed by atoms with E-state index >= 15 is 0 Å². The summed E-state index contributed by atoms with van der Waals surface area (Å²) in [7, 11) is 0. The normalized spacial score (nSPS) is 14.6. The van der Waals surface area contributed by atoms with E-state index in [1.165, 1.54) is 0 Å². The minimum Gasteiger partial charge on any atom is -0.480 e. The van der Waals surface area contributed by atoms with Crippen LogP contribution in [0, 0.1) is 5.41 Å². The first-order valence-electron chi connectivity index (χ1n) is 6.66. The van der Waals surface area contributed by atoms with Gasteiger partial charge in [0, 0.05) is 5.54 Å². The molecular weight excluding hydrogens is 260 g/mol. The molecule has 0 saturated carbocycles. The van der Waals surface area contributed by atoms with Crippen LogP contribution in [0.15, 0.2) is 0 Å². The van der Waals surface area contributed by atoms with Gasteiger partial charge in [-0.2, -0.15) is 0 Å². The number of nitrogens with one attached hydrogen (secondary N) is 1. The van der Waals surface area contributed by atoms with Crippen LogP contribution in [0.25, 0.3) is 0 Å². The number of hydrogen-bond donors (Lipinski definition) is 3. The molecule has 4 N–H and O–H groups in total. The second-order valence-corrected chi connectivity index (χ2v) is 7.49. The first kappa shape index (κ1) is 18.7. The fourth-order valence-corrected chi connectivity index (χ4v) is 2.21. The lowest BCUT2D eigenvalue weighted by Gasteiger charge is -2.37.